The second-order valence-electron chi connectivity index (χ2n) is 4.36. The predicted molar refractivity (Wildman–Crippen MR) is 94.4 cm³/mol. The number of ether oxygens (including phenoxy) is 1. The zero-order valence-electron chi connectivity index (χ0n) is 11.1. The average Bonchev–Trinajstić information content (AvgIpc) is 2.87. The molecule has 21 heavy (non-hydrogen) atoms. The highest BCUT2D eigenvalue weighted by Crippen LogP contribution is 2.30. The Morgan fingerprint density at radius 3 is 2.81 bits per heavy atom. The third-order valence-electron chi connectivity index (χ3n) is 2.78. The third-order valence-corrected chi connectivity index (χ3v) is 5.44. The van der Waals surface area contributed by atoms with Crippen LogP contribution in [0.5, 0.6) is 5.75 Å². The maximum Gasteiger partial charge on any atom is 0.151 e. The van der Waals surface area contributed by atoms with Crippen molar-refractivity contribution in [3.63, 3.8) is 0 Å². The molecule has 0 bridgehead atoms. The Kier molecular flexibility index (Phi) is 4.67. The average molecular weight is 381 g/mol. The van der Waals surface area contributed by atoms with Crippen molar-refractivity contribution in [3.8, 4) is 5.75 Å². The molecule has 0 aliphatic rings. The van der Waals surface area contributed by atoms with Crippen LogP contribution in [0.15, 0.2) is 51.3 Å². The van der Waals surface area contributed by atoms with E-state index in [1.54, 1.807) is 23.1 Å². The van der Waals surface area contributed by atoms with Crippen LogP contribution in [0.4, 0.5) is 5.69 Å². The molecule has 0 unspecified atom stereocenters. The zero-order chi connectivity index (χ0) is 14.7. The van der Waals surface area contributed by atoms with Gasteiger partial charge >= 0.3 is 0 Å². The van der Waals surface area contributed by atoms with Gasteiger partial charge in [0.05, 0.1) is 16.8 Å². The molecular weight excluding hydrogens is 368 g/mol. The summed E-state index contributed by atoms with van der Waals surface area (Å²) in [7, 11) is 0. The predicted octanol–water partition coefficient (Wildman–Crippen LogP) is 4.81. The van der Waals surface area contributed by atoms with Crippen LogP contribution in [0, 0.1) is 0 Å². The summed E-state index contributed by atoms with van der Waals surface area (Å²) in [5.41, 5.74) is 7.56. The first-order chi connectivity index (χ1) is 10.2. The molecule has 0 fully saturated rings. The Bertz CT molecular complexity index is 743. The lowest BCUT2D eigenvalue weighted by Crippen LogP contribution is -1.99. The minimum absolute atomic E-state index is 0.657. The standard InChI is InChI=1S/C15H13BrN2OS2/c16-10-1-4-12(5-2-10)19-7-8-20-15-18-13-6-3-11(17)9-14(13)21-15/h1-6,9H,7-8,17H2. The van der Waals surface area contributed by atoms with Crippen molar-refractivity contribution in [1.29, 1.82) is 0 Å². The quantitative estimate of drug-likeness (QED) is 0.391. The smallest absolute Gasteiger partial charge is 0.151 e. The highest BCUT2D eigenvalue weighted by atomic mass is 79.9. The monoisotopic (exact) mass is 380 g/mol. The Hall–Kier alpha value is -1.24. The van der Waals surface area contributed by atoms with Gasteiger partial charge < -0.3 is 10.5 Å². The summed E-state index contributed by atoms with van der Waals surface area (Å²) in [4.78, 5) is 4.57. The molecule has 0 saturated carbocycles. The summed E-state index contributed by atoms with van der Waals surface area (Å²) < 4.78 is 8.93. The topological polar surface area (TPSA) is 48.1 Å². The van der Waals surface area contributed by atoms with Gasteiger partial charge in [-0.3, -0.25) is 0 Å². The molecule has 6 heteroatoms. The highest BCUT2D eigenvalue weighted by Gasteiger charge is 2.04. The maximum absolute atomic E-state index is 5.78. The van der Waals surface area contributed by atoms with Gasteiger partial charge in [-0.2, -0.15) is 0 Å². The lowest BCUT2D eigenvalue weighted by molar-refractivity contribution is 0.344. The van der Waals surface area contributed by atoms with E-state index >= 15 is 0 Å². The number of nitrogens with zero attached hydrogens (tertiary/aromatic N) is 1. The van der Waals surface area contributed by atoms with Crippen molar-refractivity contribution in [2.75, 3.05) is 18.1 Å². The fraction of sp³-hybridized carbons (Fsp3) is 0.133. The maximum atomic E-state index is 5.78. The first-order valence-electron chi connectivity index (χ1n) is 6.38. The van der Waals surface area contributed by atoms with Crippen LogP contribution in [0.25, 0.3) is 10.2 Å². The molecule has 0 radical (unpaired) electrons. The largest absolute Gasteiger partial charge is 0.493 e. The molecular formula is C15H13BrN2OS2. The van der Waals surface area contributed by atoms with Crippen molar-refractivity contribution < 1.29 is 4.74 Å². The number of nitrogens with two attached hydrogens (primary N) is 1. The van der Waals surface area contributed by atoms with E-state index in [1.807, 2.05) is 42.5 Å². The van der Waals surface area contributed by atoms with E-state index in [1.165, 1.54) is 0 Å². The van der Waals surface area contributed by atoms with Crippen LogP contribution in [0.3, 0.4) is 0 Å². The van der Waals surface area contributed by atoms with Crippen LogP contribution < -0.4 is 10.5 Å². The highest BCUT2D eigenvalue weighted by molar-refractivity contribution is 9.10. The second kappa shape index (κ2) is 6.68. The second-order valence-corrected chi connectivity index (χ2v) is 7.65. The van der Waals surface area contributed by atoms with Gasteiger partial charge in [0.25, 0.3) is 0 Å². The molecule has 3 aromatic rings. The number of hydrogen-bond donors (Lipinski definition) is 1. The van der Waals surface area contributed by atoms with Gasteiger partial charge in [-0.25, -0.2) is 4.98 Å². The molecule has 3 nitrogen and oxygen atoms in total. The summed E-state index contributed by atoms with van der Waals surface area (Å²) in [6, 6.07) is 13.7. The molecule has 0 amide bonds. The lowest BCUT2D eigenvalue weighted by atomic mass is 10.3. The number of rotatable bonds is 5. The Balaban J connectivity index is 1.53. The fourth-order valence-corrected chi connectivity index (χ4v) is 4.07. The van der Waals surface area contributed by atoms with E-state index in [2.05, 4.69) is 20.9 Å². The van der Waals surface area contributed by atoms with Gasteiger partial charge in [0.1, 0.15) is 5.75 Å². The number of aromatic nitrogens is 1. The van der Waals surface area contributed by atoms with Gasteiger partial charge in [0.15, 0.2) is 4.34 Å². The molecule has 1 heterocycles. The zero-order valence-corrected chi connectivity index (χ0v) is 14.3. The molecule has 3 rings (SSSR count). The van der Waals surface area contributed by atoms with Crippen LogP contribution in [-0.2, 0) is 0 Å². The Morgan fingerprint density at radius 2 is 2.00 bits per heavy atom. The minimum Gasteiger partial charge on any atom is -0.493 e. The number of nitrogen functional groups attached to an aromatic ring is 1. The number of hydrogen-bond acceptors (Lipinski definition) is 5. The van der Waals surface area contributed by atoms with Crippen LogP contribution in [0.1, 0.15) is 0 Å². The molecule has 0 aliphatic heterocycles. The first-order valence-corrected chi connectivity index (χ1v) is 8.97. The van der Waals surface area contributed by atoms with Crippen molar-refractivity contribution in [2.24, 2.45) is 0 Å². The number of benzene rings is 2. The Labute approximate surface area is 139 Å². The molecule has 1 aromatic heterocycles. The molecule has 0 aliphatic carbocycles. The number of thiazole rings is 1. The van der Waals surface area contributed by atoms with Crippen molar-refractivity contribution in [1.82, 2.24) is 4.98 Å². The Morgan fingerprint density at radius 1 is 1.19 bits per heavy atom. The van der Waals surface area contributed by atoms with E-state index in [0.29, 0.717) is 6.61 Å². The van der Waals surface area contributed by atoms with E-state index in [-0.39, 0.29) is 0 Å². The molecule has 2 N–H and O–H groups in total. The van der Waals surface area contributed by atoms with Gasteiger partial charge in [-0.15, -0.1) is 11.3 Å². The molecule has 0 atom stereocenters. The number of thioether (sulfide) groups is 1. The SMILES string of the molecule is Nc1ccc2nc(SCCOc3ccc(Br)cc3)sc2c1. The number of halogens is 1. The number of anilines is 1. The van der Waals surface area contributed by atoms with Gasteiger partial charge in [-0.05, 0) is 42.5 Å². The molecule has 0 saturated heterocycles. The van der Waals surface area contributed by atoms with Crippen LogP contribution in [0.2, 0.25) is 0 Å². The van der Waals surface area contributed by atoms with E-state index < -0.39 is 0 Å². The summed E-state index contributed by atoms with van der Waals surface area (Å²) in [6.07, 6.45) is 0. The van der Waals surface area contributed by atoms with E-state index in [0.717, 1.165) is 36.2 Å². The summed E-state index contributed by atoms with van der Waals surface area (Å²) in [5, 5.41) is 0. The lowest BCUT2D eigenvalue weighted by Gasteiger charge is -2.04. The summed E-state index contributed by atoms with van der Waals surface area (Å²) >= 11 is 6.78. The third kappa shape index (κ3) is 3.90. The van der Waals surface area contributed by atoms with Crippen molar-refractivity contribution in [2.45, 2.75) is 4.34 Å². The summed E-state index contributed by atoms with van der Waals surface area (Å²) in [6.45, 7) is 0.657. The van der Waals surface area contributed by atoms with Crippen LogP contribution in [-0.4, -0.2) is 17.3 Å². The van der Waals surface area contributed by atoms with Gasteiger partial charge in [0.2, 0.25) is 0 Å². The fourth-order valence-electron chi connectivity index (χ4n) is 1.80. The van der Waals surface area contributed by atoms with Crippen molar-refractivity contribution >= 4 is 54.9 Å². The first kappa shape index (κ1) is 14.7. The van der Waals surface area contributed by atoms with Crippen LogP contribution >= 0.6 is 39.0 Å². The van der Waals surface area contributed by atoms with Crippen molar-refractivity contribution in [3.05, 3.63) is 46.9 Å². The molecule has 108 valence electrons. The summed E-state index contributed by atoms with van der Waals surface area (Å²) in [5.74, 6) is 1.75. The number of fused-ring (bicyclic) bond motifs is 1. The van der Waals surface area contributed by atoms with E-state index in [4.69, 9.17) is 10.5 Å². The van der Waals surface area contributed by atoms with Gasteiger partial charge in [0, 0.05) is 15.9 Å². The van der Waals surface area contributed by atoms with E-state index in [9.17, 15) is 0 Å². The molecule has 0 spiro atoms. The normalized spacial score (nSPS) is 10.9. The van der Waals surface area contributed by atoms with Gasteiger partial charge in [-0.1, -0.05) is 27.7 Å². The minimum atomic E-state index is 0.657. The molecule has 2 aromatic carbocycles.